The average Bonchev–Trinajstić information content (AvgIpc) is 2.90. The third-order valence-electron chi connectivity index (χ3n) is 5.74. The number of aryl methyl sites for hydroxylation is 1. The number of para-hydroxylation sites is 1. The van der Waals surface area contributed by atoms with Crippen LogP contribution in [0.1, 0.15) is 24.5 Å². The van der Waals surface area contributed by atoms with E-state index in [1.165, 1.54) is 12.1 Å². The highest BCUT2D eigenvalue weighted by atomic mass is 19.1. The van der Waals surface area contributed by atoms with Gasteiger partial charge >= 0.3 is 12.0 Å². The fourth-order valence-corrected chi connectivity index (χ4v) is 3.79. The van der Waals surface area contributed by atoms with E-state index in [1.807, 2.05) is 42.5 Å². The van der Waals surface area contributed by atoms with Crippen molar-refractivity contribution < 1.29 is 28.6 Å². The zero-order chi connectivity index (χ0) is 26.5. The number of hydrogen-bond donors (Lipinski definition) is 2. The van der Waals surface area contributed by atoms with Crippen molar-refractivity contribution in [3.63, 3.8) is 0 Å². The zero-order valence-electron chi connectivity index (χ0n) is 20.9. The maximum Gasteiger partial charge on any atom is 0.333 e. The predicted octanol–water partition coefficient (Wildman–Crippen LogP) is 5.40. The Labute approximate surface area is 216 Å². The maximum atomic E-state index is 13.2. The van der Waals surface area contributed by atoms with E-state index in [2.05, 4.69) is 5.32 Å². The number of carbonyl (C=O) groups is 2. The van der Waals surface area contributed by atoms with Gasteiger partial charge in [0.15, 0.2) is 6.10 Å². The van der Waals surface area contributed by atoms with Crippen LogP contribution in [-0.2, 0) is 22.4 Å². The van der Waals surface area contributed by atoms with Gasteiger partial charge in [-0.3, -0.25) is 0 Å². The molecule has 0 aliphatic rings. The highest BCUT2D eigenvalue weighted by Crippen LogP contribution is 2.15. The molecular formula is C29H33FN2O5. The second kappa shape index (κ2) is 14.6. The molecule has 1 unspecified atom stereocenters. The number of carboxylic acids is 1. The zero-order valence-corrected chi connectivity index (χ0v) is 20.9. The summed E-state index contributed by atoms with van der Waals surface area (Å²) in [5, 5.41) is 12.2. The number of nitrogens with one attached hydrogen (secondary N) is 1. The summed E-state index contributed by atoms with van der Waals surface area (Å²) in [4.78, 5) is 25.9. The van der Waals surface area contributed by atoms with E-state index >= 15 is 0 Å². The van der Waals surface area contributed by atoms with Crippen molar-refractivity contribution in [2.24, 2.45) is 0 Å². The summed E-state index contributed by atoms with van der Waals surface area (Å²) < 4.78 is 24.3. The summed E-state index contributed by atoms with van der Waals surface area (Å²) in [6.45, 7) is 3.26. The van der Waals surface area contributed by atoms with Gasteiger partial charge < -0.3 is 24.8 Å². The first-order valence-electron chi connectivity index (χ1n) is 12.4. The Bertz CT molecular complexity index is 1110. The molecule has 0 radical (unpaired) electrons. The summed E-state index contributed by atoms with van der Waals surface area (Å²) in [5.74, 6) is -0.633. The van der Waals surface area contributed by atoms with Crippen LogP contribution < -0.4 is 10.1 Å². The third kappa shape index (κ3) is 9.57. The number of benzene rings is 3. The monoisotopic (exact) mass is 508 g/mol. The Morgan fingerprint density at radius 3 is 2.27 bits per heavy atom. The first-order valence-corrected chi connectivity index (χ1v) is 12.4. The molecule has 7 nitrogen and oxygen atoms in total. The van der Waals surface area contributed by atoms with E-state index in [-0.39, 0.29) is 24.9 Å². The van der Waals surface area contributed by atoms with Crippen molar-refractivity contribution in [2.75, 3.05) is 31.6 Å². The van der Waals surface area contributed by atoms with E-state index in [4.69, 9.17) is 9.47 Å². The lowest BCUT2D eigenvalue weighted by Crippen LogP contribution is -2.38. The largest absolute Gasteiger partial charge is 0.492 e. The molecule has 1 atom stereocenters. The van der Waals surface area contributed by atoms with Crippen LogP contribution in [0.2, 0.25) is 0 Å². The Hall–Kier alpha value is -3.91. The van der Waals surface area contributed by atoms with Crippen molar-refractivity contribution in [2.45, 2.75) is 32.3 Å². The second-order valence-electron chi connectivity index (χ2n) is 8.49. The van der Waals surface area contributed by atoms with Gasteiger partial charge in [-0.2, -0.15) is 0 Å². The summed E-state index contributed by atoms with van der Waals surface area (Å²) in [6.07, 6.45) is 0.817. The molecule has 2 N–H and O–H groups in total. The van der Waals surface area contributed by atoms with Crippen LogP contribution in [0.4, 0.5) is 14.9 Å². The molecule has 0 heterocycles. The maximum absolute atomic E-state index is 13.2. The quantitative estimate of drug-likeness (QED) is 0.304. The Kier molecular flexibility index (Phi) is 10.9. The van der Waals surface area contributed by atoms with Crippen molar-refractivity contribution in [3.8, 4) is 5.75 Å². The highest BCUT2D eigenvalue weighted by molar-refractivity contribution is 5.89. The van der Waals surface area contributed by atoms with Gasteiger partial charge in [0.05, 0.1) is 6.54 Å². The Balaban J connectivity index is 1.54. The summed E-state index contributed by atoms with van der Waals surface area (Å²) >= 11 is 0. The van der Waals surface area contributed by atoms with Gasteiger partial charge in [-0.05, 0) is 67.3 Å². The van der Waals surface area contributed by atoms with Crippen molar-refractivity contribution in [3.05, 3.63) is 95.8 Å². The molecule has 8 heteroatoms. The van der Waals surface area contributed by atoms with Gasteiger partial charge in [0.25, 0.3) is 0 Å². The number of rotatable bonds is 14. The minimum Gasteiger partial charge on any atom is -0.492 e. The van der Waals surface area contributed by atoms with Crippen LogP contribution in [0.3, 0.4) is 0 Å². The van der Waals surface area contributed by atoms with Gasteiger partial charge in [0.2, 0.25) is 0 Å². The van der Waals surface area contributed by atoms with Crippen LogP contribution in [-0.4, -0.2) is 54.4 Å². The van der Waals surface area contributed by atoms with Gasteiger partial charge in [-0.25, -0.2) is 14.0 Å². The van der Waals surface area contributed by atoms with E-state index in [0.29, 0.717) is 37.6 Å². The molecule has 0 fully saturated rings. The molecule has 0 bridgehead atoms. The lowest BCUT2D eigenvalue weighted by molar-refractivity contribution is -0.149. The van der Waals surface area contributed by atoms with Crippen molar-refractivity contribution in [1.82, 2.24) is 4.90 Å². The summed E-state index contributed by atoms with van der Waals surface area (Å²) in [7, 11) is 0. The number of urea groups is 1. The number of hydrogen-bond acceptors (Lipinski definition) is 4. The van der Waals surface area contributed by atoms with Crippen LogP contribution in [0.5, 0.6) is 5.75 Å². The van der Waals surface area contributed by atoms with Gasteiger partial charge in [-0.15, -0.1) is 0 Å². The van der Waals surface area contributed by atoms with Crippen LogP contribution in [0.15, 0.2) is 78.9 Å². The number of amides is 2. The topological polar surface area (TPSA) is 88.1 Å². The number of anilines is 1. The molecule has 0 aromatic heterocycles. The lowest BCUT2D eigenvalue weighted by atomic mass is 10.1. The lowest BCUT2D eigenvalue weighted by Gasteiger charge is -2.23. The number of halogens is 1. The number of aliphatic carboxylic acids is 1. The second-order valence-corrected chi connectivity index (χ2v) is 8.49. The molecule has 0 saturated carbocycles. The van der Waals surface area contributed by atoms with Gasteiger partial charge in [0.1, 0.15) is 18.2 Å². The Morgan fingerprint density at radius 1 is 0.946 bits per heavy atom. The fraction of sp³-hybridized carbons (Fsp3) is 0.310. The van der Waals surface area contributed by atoms with Crippen LogP contribution >= 0.6 is 0 Å². The number of carboxylic acid groups (broad SMARTS) is 1. The molecular weight excluding hydrogens is 475 g/mol. The molecule has 3 aromatic rings. The fourth-order valence-electron chi connectivity index (χ4n) is 3.79. The smallest absolute Gasteiger partial charge is 0.333 e. The first kappa shape index (κ1) is 27.7. The van der Waals surface area contributed by atoms with Gasteiger partial charge in [0, 0.05) is 25.3 Å². The van der Waals surface area contributed by atoms with E-state index in [1.54, 1.807) is 36.1 Å². The minimum atomic E-state index is -0.990. The van der Waals surface area contributed by atoms with Gasteiger partial charge in [-0.1, -0.05) is 42.5 Å². The van der Waals surface area contributed by atoms with Crippen molar-refractivity contribution in [1.29, 1.82) is 0 Å². The predicted molar refractivity (Wildman–Crippen MR) is 140 cm³/mol. The first-order chi connectivity index (χ1) is 17.9. The number of ether oxygens (including phenoxy) is 2. The molecule has 0 saturated heterocycles. The van der Waals surface area contributed by atoms with E-state index in [0.717, 1.165) is 17.5 Å². The SMILES string of the molecule is CCOC(Cc1ccc(OCCN(CCCc2ccc(F)cc2)C(=O)Nc2ccccc2)cc1)C(=O)O. The minimum absolute atomic E-state index is 0.222. The number of carbonyl (C=O) groups excluding carboxylic acids is 1. The Morgan fingerprint density at radius 2 is 1.62 bits per heavy atom. The molecule has 37 heavy (non-hydrogen) atoms. The summed E-state index contributed by atoms with van der Waals surface area (Å²) in [6, 6.07) is 22.6. The summed E-state index contributed by atoms with van der Waals surface area (Å²) in [5.41, 5.74) is 2.55. The number of nitrogens with zero attached hydrogens (tertiary/aromatic N) is 1. The van der Waals surface area contributed by atoms with Crippen molar-refractivity contribution >= 4 is 17.7 Å². The van der Waals surface area contributed by atoms with E-state index < -0.39 is 12.1 Å². The molecule has 196 valence electrons. The van der Waals surface area contributed by atoms with Crippen LogP contribution in [0, 0.1) is 5.82 Å². The molecule has 0 aliphatic heterocycles. The molecule has 3 rings (SSSR count). The highest BCUT2D eigenvalue weighted by Gasteiger charge is 2.18. The standard InChI is InChI=1S/C29H33FN2O5/c1-2-36-27(28(33)34)21-23-12-16-26(17-13-23)37-20-19-32(29(35)31-25-8-4-3-5-9-25)18-6-7-22-10-14-24(30)15-11-22/h3-5,8-17,27H,2,6-7,18-21H2,1H3,(H,31,35)(H,33,34). The molecule has 3 aromatic carbocycles. The van der Waals surface area contributed by atoms with Crippen LogP contribution in [0.25, 0.3) is 0 Å². The average molecular weight is 509 g/mol. The molecule has 2 amide bonds. The molecule has 0 spiro atoms. The normalized spacial score (nSPS) is 11.5. The van der Waals surface area contributed by atoms with E-state index in [9.17, 15) is 19.1 Å². The molecule has 0 aliphatic carbocycles. The third-order valence-corrected chi connectivity index (χ3v) is 5.74.